The molecule has 0 saturated heterocycles. The molecule has 1 aliphatic rings. The Balaban J connectivity index is 2.60. The minimum atomic E-state index is -2.85. The van der Waals surface area contributed by atoms with Crippen LogP contribution < -0.4 is 0 Å². The molecule has 3 nitrogen and oxygen atoms in total. The monoisotopic (exact) mass is 250 g/mol. The molecule has 0 aliphatic heterocycles. The second-order valence-electron chi connectivity index (χ2n) is 3.55. The van der Waals surface area contributed by atoms with E-state index in [1.54, 1.807) is 21.3 Å². The van der Waals surface area contributed by atoms with Crippen LogP contribution in [0, 0.1) is 0 Å². The van der Waals surface area contributed by atoms with Crippen LogP contribution >= 0.6 is 0 Å². The van der Waals surface area contributed by atoms with Crippen molar-refractivity contribution in [3.63, 3.8) is 0 Å². The van der Waals surface area contributed by atoms with Crippen LogP contribution in [-0.4, -0.2) is 35.6 Å². The van der Waals surface area contributed by atoms with Crippen molar-refractivity contribution in [2.45, 2.75) is 36.9 Å². The Morgan fingerprint density at radius 1 is 0.846 bits per heavy atom. The zero-order valence-electron chi connectivity index (χ0n) is 8.84. The number of rotatable bonds is 4. The van der Waals surface area contributed by atoms with Gasteiger partial charge in [-0.1, -0.05) is 0 Å². The third-order valence-corrected chi connectivity index (χ3v) is 9.85. The number of hydrogen-bond acceptors (Lipinski definition) is 3. The maximum absolute atomic E-state index is 5.52. The molecule has 0 aromatic heterocycles. The second-order valence-corrected chi connectivity index (χ2v) is 10.4. The molecule has 1 saturated carbocycles. The van der Waals surface area contributed by atoms with Crippen molar-refractivity contribution in [1.29, 1.82) is 0 Å². The van der Waals surface area contributed by atoms with Gasteiger partial charge in [-0.3, -0.25) is 0 Å². The first-order chi connectivity index (χ1) is 6.29. The van der Waals surface area contributed by atoms with Gasteiger partial charge < -0.3 is 0 Å². The molecule has 78 valence electrons. The van der Waals surface area contributed by atoms with Gasteiger partial charge >= 0.3 is 83.8 Å². The minimum absolute atomic E-state index is 0.564. The fraction of sp³-hybridized carbons (Fsp3) is 1.00. The van der Waals surface area contributed by atoms with Crippen molar-refractivity contribution in [2.24, 2.45) is 0 Å². The zero-order valence-corrected chi connectivity index (χ0v) is 10.9. The van der Waals surface area contributed by atoms with Gasteiger partial charge in [0.1, 0.15) is 0 Å². The van der Waals surface area contributed by atoms with Crippen LogP contribution in [0.4, 0.5) is 0 Å². The fourth-order valence-electron chi connectivity index (χ4n) is 2.21. The van der Waals surface area contributed by atoms with Crippen LogP contribution in [0.15, 0.2) is 0 Å². The van der Waals surface area contributed by atoms with E-state index in [0.717, 1.165) is 0 Å². The average Bonchev–Trinajstić information content (AvgIpc) is 2.23. The van der Waals surface area contributed by atoms with E-state index in [1.807, 2.05) is 0 Å². The first-order valence-electron chi connectivity index (χ1n) is 4.94. The van der Waals surface area contributed by atoms with Crippen molar-refractivity contribution in [1.82, 2.24) is 0 Å². The van der Waals surface area contributed by atoms with Crippen LogP contribution in [0.5, 0.6) is 0 Å². The Hall–Kier alpha value is 0.423. The van der Waals surface area contributed by atoms with E-state index in [-0.39, 0.29) is 0 Å². The van der Waals surface area contributed by atoms with Crippen molar-refractivity contribution in [3.05, 3.63) is 0 Å². The van der Waals surface area contributed by atoms with Gasteiger partial charge in [-0.05, 0) is 0 Å². The van der Waals surface area contributed by atoms with Gasteiger partial charge in [0.05, 0.1) is 0 Å². The molecule has 0 spiro atoms. The summed E-state index contributed by atoms with van der Waals surface area (Å²) in [6, 6.07) is 0. The third kappa shape index (κ3) is 2.46. The van der Waals surface area contributed by atoms with Crippen LogP contribution in [0.25, 0.3) is 0 Å². The van der Waals surface area contributed by atoms with Crippen molar-refractivity contribution in [2.75, 3.05) is 21.3 Å². The van der Waals surface area contributed by atoms with Gasteiger partial charge in [0.15, 0.2) is 0 Å². The summed E-state index contributed by atoms with van der Waals surface area (Å²) >= 11 is -2.85. The first kappa shape index (κ1) is 11.5. The van der Waals surface area contributed by atoms with Gasteiger partial charge in [-0.15, -0.1) is 0 Å². The Kier molecular flexibility index (Phi) is 4.72. The molecule has 0 heterocycles. The third-order valence-electron chi connectivity index (χ3n) is 2.96. The predicted molar refractivity (Wildman–Crippen MR) is 53.6 cm³/mol. The van der Waals surface area contributed by atoms with E-state index in [2.05, 4.69) is 0 Å². The summed E-state index contributed by atoms with van der Waals surface area (Å²) < 4.78 is 17.1. The first-order valence-corrected chi connectivity index (χ1v) is 8.72. The SMILES string of the molecule is C[O][Ge]([O]C)([O]C)[CH]1CCCCC1. The molecule has 0 unspecified atom stereocenters. The zero-order chi connectivity index (χ0) is 9.73. The van der Waals surface area contributed by atoms with E-state index >= 15 is 0 Å². The molecular weight excluding hydrogens is 229 g/mol. The molecule has 13 heavy (non-hydrogen) atoms. The van der Waals surface area contributed by atoms with Gasteiger partial charge in [-0.25, -0.2) is 0 Å². The molecule has 0 atom stereocenters. The van der Waals surface area contributed by atoms with Gasteiger partial charge in [-0.2, -0.15) is 0 Å². The molecule has 1 fully saturated rings. The van der Waals surface area contributed by atoms with Gasteiger partial charge in [0, 0.05) is 0 Å². The van der Waals surface area contributed by atoms with E-state index in [4.69, 9.17) is 11.3 Å². The molecule has 0 aromatic carbocycles. The molecule has 0 bridgehead atoms. The molecule has 0 aromatic rings. The topological polar surface area (TPSA) is 27.7 Å². The van der Waals surface area contributed by atoms with Crippen molar-refractivity contribution < 1.29 is 11.3 Å². The molecule has 1 rings (SSSR count). The Labute approximate surface area is 84.1 Å². The Bertz CT molecular complexity index is 134. The summed E-state index contributed by atoms with van der Waals surface area (Å²) in [5.74, 6) is 0. The van der Waals surface area contributed by atoms with E-state index < -0.39 is 14.3 Å². The molecule has 1 aliphatic carbocycles. The normalized spacial score (nSPS) is 20.5. The predicted octanol–water partition coefficient (Wildman–Crippen LogP) is 2.20. The van der Waals surface area contributed by atoms with E-state index in [9.17, 15) is 0 Å². The quantitative estimate of drug-likeness (QED) is 0.714. The Morgan fingerprint density at radius 3 is 1.69 bits per heavy atom. The summed E-state index contributed by atoms with van der Waals surface area (Å²) in [5.41, 5.74) is 0. The average molecular weight is 249 g/mol. The summed E-state index contributed by atoms with van der Waals surface area (Å²) in [6.45, 7) is 0. The van der Waals surface area contributed by atoms with Crippen LogP contribution in [-0.2, 0) is 11.3 Å². The molecule has 0 amide bonds. The van der Waals surface area contributed by atoms with Gasteiger partial charge in [0.25, 0.3) is 0 Å². The summed E-state index contributed by atoms with van der Waals surface area (Å²) in [4.78, 5) is 0. The van der Waals surface area contributed by atoms with E-state index in [1.165, 1.54) is 32.1 Å². The van der Waals surface area contributed by atoms with Crippen LogP contribution in [0.2, 0.25) is 4.75 Å². The summed E-state index contributed by atoms with van der Waals surface area (Å²) in [6.07, 6.45) is 6.39. The van der Waals surface area contributed by atoms with Crippen LogP contribution in [0.1, 0.15) is 32.1 Å². The molecule has 0 radical (unpaired) electrons. The van der Waals surface area contributed by atoms with Crippen molar-refractivity contribution >= 4 is 14.3 Å². The fourth-order valence-corrected chi connectivity index (χ4v) is 7.69. The second kappa shape index (κ2) is 5.34. The maximum atomic E-state index is 5.52. The molecular formula is C9H20GeO3. The summed E-state index contributed by atoms with van der Waals surface area (Å²) in [7, 11) is 5.17. The van der Waals surface area contributed by atoms with Crippen molar-refractivity contribution in [3.8, 4) is 0 Å². The molecule has 4 heteroatoms. The molecule has 0 N–H and O–H groups in total. The van der Waals surface area contributed by atoms with E-state index in [0.29, 0.717) is 4.75 Å². The van der Waals surface area contributed by atoms with Crippen LogP contribution in [0.3, 0.4) is 0 Å². The number of hydrogen-bond donors (Lipinski definition) is 0. The Morgan fingerprint density at radius 2 is 1.31 bits per heavy atom. The van der Waals surface area contributed by atoms with Gasteiger partial charge in [0.2, 0.25) is 0 Å². The standard InChI is InChI=1S/C9H20GeO3/c1-11-10(12-2,13-3)9-7-5-4-6-8-9/h9H,4-8H2,1-3H3. The summed E-state index contributed by atoms with van der Waals surface area (Å²) in [5, 5.41) is 0.